The second-order valence-electron chi connectivity index (χ2n) is 5.89. The van der Waals surface area contributed by atoms with Gasteiger partial charge in [0.1, 0.15) is 0 Å². The van der Waals surface area contributed by atoms with Gasteiger partial charge in [0.2, 0.25) is 0 Å². The highest BCUT2D eigenvalue weighted by Gasteiger charge is 2.26. The molecule has 0 heterocycles. The normalized spacial score (nSPS) is 17.1. The molecule has 0 bridgehead atoms. The lowest BCUT2D eigenvalue weighted by molar-refractivity contribution is 0.0715. The number of nitrogens with zero attached hydrogens (tertiary/aromatic N) is 1. The van der Waals surface area contributed by atoms with Crippen LogP contribution in [0.4, 0.5) is 0 Å². The fraction of sp³-hybridized carbons (Fsp3) is 0.316. The van der Waals surface area contributed by atoms with Crippen LogP contribution in [-0.4, -0.2) is 17.9 Å². The van der Waals surface area contributed by atoms with Crippen LogP contribution >= 0.6 is 0 Å². The molecule has 108 valence electrons. The second-order valence-corrected chi connectivity index (χ2v) is 5.89. The van der Waals surface area contributed by atoms with Crippen molar-refractivity contribution in [3.8, 4) is 0 Å². The van der Waals surface area contributed by atoms with Crippen molar-refractivity contribution in [2.24, 2.45) is 0 Å². The van der Waals surface area contributed by atoms with Crippen molar-refractivity contribution in [3.63, 3.8) is 0 Å². The molecule has 1 aliphatic carbocycles. The molecule has 2 heteroatoms. The van der Waals surface area contributed by atoms with Crippen molar-refractivity contribution in [1.29, 1.82) is 0 Å². The number of aryl methyl sites for hydroxylation is 2. The maximum absolute atomic E-state index is 12.7. The van der Waals surface area contributed by atoms with Crippen LogP contribution in [-0.2, 0) is 6.42 Å². The molecule has 0 saturated heterocycles. The summed E-state index contributed by atoms with van der Waals surface area (Å²) in [6.45, 7) is 2.04. The van der Waals surface area contributed by atoms with Gasteiger partial charge in [-0.15, -0.1) is 0 Å². The summed E-state index contributed by atoms with van der Waals surface area (Å²) in [7, 11) is 1.93. The Bertz CT molecular complexity index is 645. The predicted molar refractivity (Wildman–Crippen MR) is 85.4 cm³/mol. The van der Waals surface area contributed by atoms with Crippen LogP contribution in [0.1, 0.15) is 45.9 Å². The third kappa shape index (κ3) is 2.71. The van der Waals surface area contributed by atoms with Gasteiger partial charge in [-0.3, -0.25) is 4.79 Å². The monoisotopic (exact) mass is 279 g/mol. The lowest BCUT2D eigenvalue weighted by Crippen LogP contribution is -2.33. The molecule has 1 atom stereocenters. The Morgan fingerprint density at radius 3 is 2.57 bits per heavy atom. The minimum absolute atomic E-state index is 0.108. The summed E-state index contributed by atoms with van der Waals surface area (Å²) in [4.78, 5) is 14.6. The number of hydrogen-bond acceptors (Lipinski definition) is 1. The Balaban J connectivity index is 1.87. The molecule has 2 aromatic carbocycles. The van der Waals surface area contributed by atoms with Crippen molar-refractivity contribution < 1.29 is 4.79 Å². The third-order valence-corrected chi connectivity index (χ3v) is 4.42. The van der Waals surface area contributed by atoms with Gasteiger partial charge in [-0.05, 0) is 49.4 Å². The van der Waals surface area contributed by atoms with Gasteiger partial charge in [0, 0.05) is 12.6 Å². The van der Waals surface area contributed by atoms with Gasteiger partial charge >= 0.3 is 0 Å². The van der Waals surface area contributed by atoms with E-state index in [1.54, 1.807) is 0 Å². The van der Waals surface area contributed by atoms with E-state index in [2.05, 4.69) is 24.3 Å². The van der Waals surface area contributed by atoms with E-state index in [9.17, 15) is 4.79 Å². The third-order valence-electron chi connectivity index (χ3n) is 4.42. The molecule has 0 saturated carbocycles. The van der Waals surface area contributed by atoms with Gasteiger partial charge in [0.15, 0.2) is 0 Å². The maximum atomic E-state index is 12.7. The number of carbonyl (C=O) groups is 1. The smallest absolute Gasteiger partial charge is 0.254 e. The lowest BCUT2D eigenvalue weighted by Gasteiger charge is -2.33. The van der Waals surface area contributed by atoms with Gasteiger partial charge < -0.3 is 4.90 Å². The zero-order valence-electron chi connectivity index (χ0n) is 12.7. The highest BCUT2D eigenvalue weighted by atomic mass is 16.2. The maximum Gasteiger partial charge on any atom is 0.254 e. The molecule has 0 spiro atoms. The van der Waals surface area contributed by atoms with E-state index in [1.165, 1.54) is 16.7 Å². The Morgan fingerprint density at radius 2 is 1.81 bits per heavy atom. The van der Waals surface area contributed by atoms with Crippen LogP contribution in [0, 0.1) is 6.92 Å². The summed E-state index contributed by atoms with van der Waals surface area (Å²) >= 11 is 0. The van der Waals surface area contributed by atoms with Gasteiger partial charge in [0.05, 0.1) is 6.04 Å². The van der Waals surface area contributed by atoms with E-state index in [0.717, 1.165) is 24.8 Å². The molecule has 0 fully saturated rings. The summed E-state index contributed by atoms with van der Waals surface area (Å²) < 4.78 is 0. The number of rotatable bonds is 2. The molecular weight excluding hydrogens is 258 g/mol. The molecule has 21 heavy (non-hydrogen) atoms. The quantitative estimate of drug-likeness (QED) is 0.809. The summed E-state index contributed by atoms with van der Waals surface area (Å²) in [6.07, 6.45) is 3.32. The van der Waals surface area contributed by atoms with Crippen molar-refractivity contribution >= 4 is 5.91 Å². The first-order valence-electron chi connectivity index (χ1n) is 7.58. The lowest BCUT2D eigenvalue weighted by atomic mass is 9.87. The molecule has 1 aliphatic rings. The summed E-state index contributed by atoms with van der Waals surface area (Å²) in [5.74, 6) is 0.108. The topological polar surface area (TPSA) is 20.3 Å². The van der Waals surface area contributed by atoms with E-state index in [1.807, 2.05) is 43.1 Å². The van der Waals surface area contributed by atoms with Crippen molar-refractivity contribution in [2.45, 2.75) is 32.2 Å². The average Bonchev–Trinajstić information content (AvgIpc) is 2.53. The van der Waals surface area contributed by atoms with E-state index in [4.69, 9.17) is 0 Å². The molecule has 0 radical (unpaired) electrons. The molecule has 1 unspecified atom stereocenters. The number of amides is 1. The first-order chi connectivity index (χ1) is 10.2. The highest BCUT2D eigenvalue weighted by molar-refractivity contribution is 5.94. The number of hydrogen-bond donors (Lipinski definition) is 0. The Morgan fingerprint density at radius 1 is 1.10 bits per heavy atom. The van der Waals surface area contributed by atoms with E-state index in [0.29, 0.717) is 0 Å². The largest absolute Gasteiger partial charge is 0.335 e. The number of fused-ring (bicyclic) bond motifs is 1. The molecule has 0 aromatic heterocycles. The molecular formula is C19H21NO. The van der Waals surface area contributed by atoms with E-state index >= 15 is 0 Å². The minimum Gasteiger partial charge on any atom is -0.335 e. The fourth-order valence-corrected chi connectivity index (χ4v) is 3.17. The Hall–Kier alpha value is -2.09. The number of benzene rings is 2. The van der Waals surface area contributed by atoms with Gasteiger partial charge in [-0.25, -0.2) is 0 Å². The summed E-state index contributed by atoms with van der Waals surface area (Å²) in [6, 6.07) is 16.5. The SMILES string of the molecule is Cc1ccc(C(=O)N(C)C2CCCc3ccccc32)cc1. The Kier molecular flexibility index (Phi) is 3.78. The van der Waals surface area contributed by atoms with Crippen LogP contribution in [0.15, 0.2) is 48.5 Å². The van der Waals surface area contributed by atoms with Crippen molar-refractivity contribution in [3.05, 3.63) is 70.8 Å². The number of carbonyl (C=O) groups excluding carboxylic acids is 1. The zero-order valence-corrected chi connectivity index (χ0v) is 12.7. The van der Waals surface area contributed by atoms with Crippen molar-refractivity contribution in [2.75, 3.05) is 7.05 Å². The summed E-state index contributed by atoms with van der Waals surface area (Å²) in [5, 5.41) is 0. The van der Waals surface area contributed by atoms with Gasteiger partial charge in [0.25, 0.3) is 5.91 Å². The van der Waals surface area contributed by atoms with Crippen LogP contribution in [0.3, 0.4) is 0 Å². The van der Waals surface area contributed by atoms with Crippen LogP contribution < -0.4 is 0 Å². The van der Waals surface area contributed by atoms with Gasteiger partial charge in [-0.1, -0.05) is 42.0 Å². The van der Waals surface area contributed by atoms with Crippen molar-refractivity contribution in [1.82, 2.24) is 4.90 Å². The second kappa shape index (κ2) is 5.72. The molecule has 3 rings (SSSR count). The minimum atomic E-state index is 0.108. The average molecular weight is 279 g/mol. The molecule has 1 amide bonds. The highest BCUT2D eigenvalue weighted by Crippen LogP contribution is 2.34. The predicted octanol–water partition coefficient (Wildman–Crippen LogP) is 4.14. The van der Waals surface area contributed by atoms with Crippen LogP contribution in [0.25, 0.3) is 0 Å². The molecule has 2 aromatic rings. The van der Waals surface area contributed by atoms with E-state index < -0.39 is 0 Å². The molecule has 0 aliphatic heterocycles. The standard InChI is InChI=1S/C19H21NO/c1-14-10-12-16(13-11-14)19(21)20(2)18-9-5-7-15-6-3-4-8-17(15)18/h3-4,6,8,10-13,18H,5,7,9H2,1-2H3. The zero-order chi connectivity index (χ0) is 14.8. The first-order valence-corrected chi connectivity index (χ1v) is 7.58. The fourth-order valence-electron chi connectivity index (χ4n) is 3.17. The summed E-state index contributed by atoms with van der Waals surface area (Å²) in [5.41, 5.74) is 4.65. The van der Waals surface area contributed by atoms with Crippen LogP contribution in [0.5, 0.6) is 0 Å². The molecule has 0 N–H and O–H groups in total. The van der Waals surface area contributed by atoms with Gasteiger partial charge in [-0.2, -0.15) is 0 Å². The van der Waals surface area contributed by atoms with Crippen LogP contribution in [0.2, 0.25) is 0 Å². The first kappa shape index (κ1) is 13.9. The molecule has 2 nitrogen and oxygen atoms in total. The Labute approximate surface area is 126 Å². The van der Waals surface area contributed by atoms with E-state index in [-0.39, 0.29) is 11.9 Å².